The number of hydrogen-bond donors (Lipinski definition) is 0. The third kappa shape index (κ3) is 11.1. The molecule has 2 aliphatic heterocycles. The first-order chi connectivity index (χ1) is 53.5. The van der Waals surface area contributed by atoms with Crippen molar-refractivity contribution in [3.63, 3.8) is 0 Å². The van der Waals surface area contributed by atoms with E-state index in [1.54, 1.807) is 0 Å². The van der Waals surface area contributed by atoms with Crippen molar-refractivity contribution in [1.29, 1.82) is 0 Å². The first-order valence-corrected chi connectivity index (χ1v) is 39.7. The zero-order chi connectivity index (χ0) is 77.7. The summed E-state index contributed by atoms with van der Waals surface area (Å²) in [5.41, 5.74) is 24.9. The monoisotopic (exact) mass is 1430 g/mol. The minimum absolute atomic E-state index is 0.000683. The van der Waals surface area contributed by atoms with E-state index in [-0.39, 0.29) is 39.8 Å². The van der Waals surface area contributed by atoms with Crippen LogP contribution in [0.3, 0.4) is 0 Å². The van der Waals surface area contributed by atoms with E-state index in [0.29, 0.717) is 16.8 Å². The number of aromatic nitrogens is 1. The van der Waals surface area contributed by atoms with Gasteiger partial charge in [-0.1, -0.05) is 322 Å². The van der Waals surface area contributed by atoms with Crippen molar-refractivity contribution in [2.45, 2.75) is 131 Å². The fourth-order valence-corrected chi connectivity index (χ4v) is 18.9. The third-order valence-corrected chi connectivity index (χ3v) is 24.7. The van der Waals surface area contributed by atoms with E-state index in [1.807, 2.05) is 11.3 Å². The molecule has 0 radical (unpaired) electrons. The van der Waals surface area contributed by atoms with Crippen LogP contribution in [0, 0.1) is 0 Å². The number of thiophene rings is 1. The van der Waals surface area contributed by atoms with Crippen LogP contribution in [0.2, 0.25) is 0 Å². The molecule has 0 spiro atoms. The Labute approximate surface area is 651 Å². The molecule has 0 bridgehead atoms. The zero-order valence-corrected chi connectivity index (χ0v) is 66.0. The molecule has 0 fully saturated rings. The van der Waals surface area contributed by atoms with Gasteiger partial charge < -0.3 is 14.4 Å². The number of hydrogen-bond acceptors (Lipinski definition) is 3. The van der Waals surface area contributed by atoms with Gasteiger partial charge in [-0.2, -0.15) is 0 Å². The van der Waals surface area contributed by atoms with E-state index in [0.717, 1.165) is 153 Å². The molecular weight excluding hydrogens is 1330 g/mol. The second-order valence-electron chi connectivity index (χ2n) is 35.9. The van der Waals surface area contributed by atoms with E-state index in [4.69, 9.17) is 0 Å². The first kappa shape index (κ1) is 64.9. The Hall–Kier alpha value is -11.2. The molecule has 0 saturated heterocycles. The number of anilines is 6. The molecule has 15 aromatic carbocycles. The molecule has 0 saturated carbocycles. The Balaban J connectivity index is 1.03. The largest absolute Gasteiger partial charge is 0.310 e. The standard InChI is InChI=1S/C104H92BN3S/c1-100(2,3)72-51-71(52-73(55-72)101(4,5)6)69-46-48-79-91(54-69)109-99-98(79)108(97-83(65-35-24-18-25-36-65)58-75(103(10,11)12)59-84(97)66-37-26-19-27-38-66)90-61-76(104(13,14)15)60-89-94(90)105(99)86-50-47-77(106-87-42-29-28-41-78(87)85-53-70-44-43-67-39-30-40-68-45-49-80(95(85)106)93(70)92(67)68)62-88(86)107(89)96-81(63-31-20-16-21-32-63)56-74(102(7,8)9)57-82(96)64-33-22-17-23-34-64/h16-62H,1-15H3/i47D,50D,62D. The lowest BCUT2D eigenvalue weighted by Gasteiger charge is -2.46. The molecular formula is C104H92BN3S. The van der Waals surface area contributed by atoms with Crippen LogP contribution in [0.5, 0.6) is 0 Å². The van der Waals surface area contributed by atoms with E-state index in [2.05, 4.69) is 385 Å². The molecule has 4 heterocycles. The van der Waals surface area contributed by atoms with Crippen molar-refractivity contribution < 1.29 is 4.11 Å². The molecule has 17 aromatic rings. The van der Waals surface area contributed by atoms with Crippen LogP contribution in [0.25, 0.3) is 126 Å². The van der Waals surface area contributed by atoms with Crippen molar-refractivity contribution in [2.24, 2.45) is 0 Å². The average Bonchev–Trinajstić information content (AvgIpc) is 0.964. The van der Waals surface area contributed by atoms with E-state index in [1.165, 1.54) is 33.2 Å². The van der Waals surface area contributed by atoms with Gasteiger partial charge in [0.05, 0.1) is 32.2 Å². The van der Waals surface area contributed by atoms with Gasteiger partial charge in [-0.05, 0) is 193 Å². The summed E-state index contributed by atoms with van der Waals surface area (Å²) in [7, 11) is 0. The average molecular weight is 1430 g/mol. The number of benzene rings is 15. The van der Waals surface area contributed by atoms with Crippen LogP contribution in [-0.2, 0) is 27.1 Å². The van der Waals surface area contributed by atoms with E-state index < -0.39 is 12.1 Å². The Kier molecular flexibility index (Phi) is 14.7. The second-order valence-corrected chi connectivity index (χ2v) is 37.0. The van der Waals surface area contributed by atoms with Crippen LogP contribution in [0.15, 0.2) is 285 Å². The van der Waals surface area contributed by atoms with Gasteiger partial charge in [0.1, 0.15) is 0 Å². The summed E-state index contributed by atoms with van der Waals surface area (Å²) in [5.74, 6) is 0. The fraction of sp³-hybridized carbons (Fsp3) is 0.192. The normalized spacial score (nSPS) is 13.8. The predicted octanol–water partition coefficient (Wildman–Crippen LogP) is 27.8. The lowest BCUT2D eigenvalue weighted by atomic mass is 9.36. The maximum absolute atomic E-state index is 12.1. The van der Waals surface area contributed by atoms with Gasteiger partial charge in [-0.15, -0.1) is 11.3 Å². The number of fused-ring (bicyclic) bond motifs is 10. The van der Waals surface area contributed by atoms with Crippen molar-refractivity contribution in [3.8, 4) is 61.3 Å². The minimum Gasteiger partial charge on any atom is -0.310 e. The summed E-state index contributed by atoms with van der Waals surface area (Å²) in [6.07, 6.45) is 0. The molecule has 2 aliphatic rings. The van der Waals surface area contributed by atoms with Gasteiger partial charge in [0, 0.05) is 76.0 Å². The zero-order valence-electron chi connectivity index (χ0n) is 68.2. The molecule has 0 unspecified atom stereocenters. The summed E-state index contributed by atoms with van der Waals surface area (Å²) in [4.78, 5) is 5.11. The third-order valence-electron chi connectivity index (χ3n) is 23.5. The number of nitrogens with zero attached hydrogens (tertiary/aromatic N) is 3. The quantitative estimate of drug-likeness (QED) is 0.111. The van der Waals surface area contributed by atoms with Crippen molar-refractivity contribution in [3.05, 3.63) is 313 Å². The molecule has 2 aromatic heterocycles. The van der Waals surface area contributed by atoms with E-state index in [9.17, 15) is 4.11 Å². The fourth-order valence-electron chi connectivity index (χ4n) is 17.6. The summed E-state index contributed by atoms with van der Waals surface area (Å²) in [5, 5.41) is 9.97. The highest BCUT2D eigenvalue weighted by molar-refractivity contribution is 7.33. The van der Waals surface area contributed by atoms with Crippen molar-refractivity contribution in [1.82, 2.24) is 4.57 Å². The molecule has 0 aliphatic carbocycles. The Morgan fingerprint density at radius 1 is 0.321 bits per heavy atom. The lowest BCUT2D eigenvalue weighted by molar-refractivity contribution is 0.569. The maximum atomic E-state index is 12.1. The van der Waals surface area contributed by atoms with Crippen LogP contribution in [-0.4, -0.2) is 11.3 Å². The molecule has 0 atom stereocenters. The molecule has 532 valence electrons. The Bertz CT molecular complexity index is 6570. The SMILES string of the molecule is [2H]c1c([2H])c(-n2c3ccccc3c3cc4ccc5cccc6ccc(c4c56)c32)c([2H])c2c1B1c3sc4cc(-c5cc(C(C)(C)C)cc(C(C)(C)C)c5)ccc4c3N(c3c(-c4ccccc4)cc(C(C)(C)C)cc3-c3ccccc3)c3cc(C(C)(C)C)cc(c31)N2c1c(-c2ccccc2)cc(C(C)(C)C)cc1-c1ccccc1. The van der Waals surface area contributed by atoms with Gasteiger partial charge >= 0.3 is 0 Å². The van der Waals surface area contributed by atoms with Gasteiger partial charge in [0.2, 0.25) is 0 Å². The van der Waals surface area contributed by atoms with Crippen molar-refractivity contribution >= 4 is 132 Å². The van der Waals surface area contributed by atoms with E-state index >= 15 is 0 Å². The van der Waals surface area contributed by atoms with Crippen molar-refractivity contribution in [2.75, 3.05) is 9.80 Å². The van der Waals surface area contributed by atoms with Crippen LogP contribution in [0.1, 0.15) is 136 Å². The number of para-hydroxylation sites is 1. The lowest BCUT2D eigenvalue weighted by Crippen LogP contribution is -2.60. The van der Waals surface area contributed by atoms with Crippen LogP contribution in [0.4, 0.5) is 34.1 Å². The molecule has 0 amide bonds. The molecule has 3 nitrogen and oxygen atoms in total. The van der Waals surface area contributed by atoms with Gasteiger partial charge in [-0.25, -0.2) is 0 Å². The maximum Gasteiger partial charge on any atom is 0.264 e. The Morgan fingerprint density at radius 2 is 0.771 bits per heavy atom. The second kappa shape index (κ2) is 24.6. The van der Waals surface area contributed by atoms with Gasteiger partial charge in [0.25, 0.3) is 6.71 Å². The summed E-state index contributed by atoms with van der Waals surface area (Å²) in [6.45, 7) is 34.2. The van der Waals surface area contributed by atoms with Gasteiger partial charge in [-0.3, -0.25) is 0 Å². The predicted molar refractivity (Wildman–Crippen MR) is 475 cm³/mol. The summed E-state index contributed by atoms with van der Waals surface area (Å²) < 4.78 is 39.5. The summed E-state index contributed by atoms with van der Waals surface area (Å²) in [6, 6.07) is 99.6. The first-order valence-electron chi connectivity index (χ1n) is 40.3. The molecule has 19 rings (SSSR count). The highest BCUT2D eigenvalue weighted by Crippen LogP contribution is 2.58. The van der Waals surface area contributed by atoms with Crippen LogP contribution >= 0.6 is 11.3 Å². The smallest absolute Gasteiger partial charge is 0.264 e. The molecule has 5 heteroatoms. The van der Waals surface area contributed by atoms with Crippen LogP contribution < -0.4 is 25.5 Å². The topological polar surface area (TPSA) is 11.4 Å². The molecule has 109 heavy (non-hydrogen) atoms. The number of rotatable bonds is 8. The highest BCUT2D eigenvalue weighted by atomic mass is 32.1. The highest BCUT2D eigenvalue weighted by Gasteiger charge is 2.48. The Morgan fingerprint density at radius 3 is 1.29 bits per heavy atom. The van der Waals surface area contributed by atoms with Gasteiger partial charge in [0.15, 0.2) is 0 Å². The summed E-state index contributed by atoms with van der Waals surface area (Å²) >= 11 is 1.81. The molecule has 0 N–H and O–H groups in total. The minimum atomic E-state index is -0.664.